The van der Waals surface area contributed by atoms with Crippen LogP contribution in [0, 0.1) is 5.82 Å². The van der Waals surface area contributed by atoms with Gasteiger partial charge in [-0.05, 0) is 37.1 Å². The van der Waals surface area contributed by atoms with Crippen LogP contribution in [0.5, 0.6) is 0 Å². The van der Waals surface area contributed by atoms with Gasteiger partial charge in [0.1, 0.15) is 12.1 Å². The van der Waals surface area contributed by atoms with Crippen LogP contribution < -0.4 is 0 Å². The highest BCUT2D eigenvalue weighted by Gasteiger charge is 2.29. The van der Waals surface area contributed by atoms with Crippen LogP contribution in [-0.2, 0) is 4.79 Å². The Labute approximate surface area is 104 Å². The second kappa shape index (κ2) is 4.33. The maximum atomic E-state index is 14.4. The molecule has 2 aromatic rings. The number of fused-ring (bicyclic) bond motifs is 1. The van der Waals surface area contributed by atoms with Crippen molar-refractivity contribution in [3.05, 3.63) is 47.4 Å². The van der Waals surface area contributed by atoms with Crippen molar-refractivity contribution in [2.24, 2.45) is 0 Å². The van der Waals surface area contributed by atoms with Gasteiger partial charge in [0.2, 0.25) is 0 Å². The molecule has 18 heavy (non-hydrogen) atoms. The zero-order valence-corrected chi connectivity index (χ0v) is 9.77. The summed E-state index contributed by atoms with van der Waals surface area (Å²) in [6, 6.07) is 7.17. The van der Waals surface area contributed by atoms with Crippen LogP contribution in [0.15, 0.2) is 30.3 Å². The molecule has 1 fully saturated rings. The van der Waals surface area contributed by atoms with Crippen LogP contribution in [-0.4, -0.2) is 11.3 Å². The first kappa shape index (κ1) is 11.1. The number of hydrogen-bond acceptors (Lipinski definition) is 2. The highest BCUT2D eigenvalue weighted by molar-refractivity contribution is 5.84. The smallest absolute Gasteiger partial charge is 0.142 e. The number of benzene rings is 1. The molecule has 0 radical (unpaired) electrons. The molecule has 1 saturated carbocycles. The first-order valence-electron chi connectivity index (χ1n) is 6.01. The Morgan fingerprint density at radius 2 is 2.06 bits per heavy atom. The number of halogens is 1. The van der Waals surface area contributed by atoms with E-state index in [1.165, 1.54) is 12.2 Å². The van der Waals surface area contributed by atoms with E-state index in [1.54, 1.807) is 12.1 Å². The minimum absolute atomic E-state index is 0.277. The first-order chi connectivity index (χ1) is 8.81. The summed E-state index contributed by atoms with van der Waals surface area (Å²) < 4.78 is 14.4. The van der Waals surface area contributed by atoms with E-state index in [0.717, 1.165) is 18.5 Å². The van der Waals surface area contributed by atoms with Crippen LogP contribution in [0.25, 0.3) is 17.0 Å². The maximum absolute atomic E-state index is 14.4. The summed E-state index contributed by atoms with van der Waals surface area (Å²) in [5, 5.41) is 0.507. The van der Waals surface area contributed by atoms with E-state index in [4.69, 9.17) is 0 Å². The van der Waals surface area contributed by atoms with Crippen LogP contribution in [0.1, 0.15) is 30.0 Å². The van der Waals surface area contributed by atoms with Gasteiger partial charge in [-0.3, -0.25) is 9.78 Å². The number of aromatic nitrogens is 1. The van der Waals surface area contributed by atoms with Crippen LogP contribution in [0.3, 0.4) is 0 Å². The highest BCUT2D eigenvalue weighted by atomic mass is 19.1. The average Bonchev–Trinajstić information content (AvgIpc) is 3.22. The number of rotatable bonds is 3. The molecule has 0 amide bonds. The molecule has 90 valence electrons. The second-order valence-corrected chi connectivity index (χ2v) is 4.51. The molecule has 1 aromatic heterocycles. The molecule has 3 heteroatoms. The zero-order valence-electron chi connectivity index (χ0n) is 9.77. The number of para-hydroxylation sites is 1. The Morgan fingerprint density at radius 3 is 2.78 bits per heavy atom. The lowest BCUT2D eigenvalue weighted by Gasteiger charge is -2.08. The summed E-state index contributed by atoms with van der Waals surface area (Å²) in [6.07, 6.45) is 5.60. The minimum atomic E-state index is -0.277. The predicted octanol–water partition coefficient (Wildman–Crippen LogP) is 3.46. The van der Waals surface area contributed by atoms with Gasteiger partial charge in [-0.1, -0.05) is 12.1 Å². The number of aldehydes is 1. The van der Waals surface area contributed by atoms with Crippen molar-refractivity contribution in [3.8, 4) is 0 Å². The Hall–Kier alpha value is -2.03. The molecule has 1 heterocycles. The lowest BCUT2D eigenvalue weighted by molar-refractivity contribution is -0.104. The minimum Gasteiger partial charge on any atom is -0.299 e. The SMILES string of the molecule is O=C/C=C/c1c(C2CC2)nc2ccccc2c1F. The monoisotopic (exact) mass is 241 g/mol. The Kier molecular flexibility index (Phi) is 2.67. The molecule has 0 bridgehead atoms. The number of allylic oxidation sites excluding steroid dienone is 1. The molecule has 0 saturated heterocycles. The Bertz CT molecular complexity index is 644. The molecule has 1 aliphatic rings. The molecule has 0 atom stereocenters. The van der Waals surface area contributed by atoms with E-state index in [0.29, 0.717) is 28.7 Å². The lowest BCUT2D eigenvalue weighted by Crippen LogP contribution is -1.98. The molecular formula is C15H12FNO. The van der Waals surface area contributed by atoms with Crippen LogP contribution >= 0.6 is 0 Å². The molecule has 2 nitrogen and oxygen atoms in total. The van der Waals surface area contributed by atoms with E-state index in [-0.39, 0.29) is 5.82 Å². The number of carbonyl (C=O) groups is 1. The fourth-order valence-electron chi connectivity index (χ4n) is 2.17. The van der Waals surface area contributed by atoms with Crippen molar-refractivity contribution >= 4 is 23.3 Å². The third kappa shape index (κ3) is 1.82. The molecular weight excluding hydrogens is 229 g/mol. The molecule has 0 aliphatic heterocycles. The van der Waals surface area contributed by atoms with Crippen molar-refractivity contribution in [2.75, 3.05) is 0 Å². The van der Waals surface area contributed by atoms with Crippen molar-refractivity contribution in [2.45, 2.75) is 18.8 Å². The third-order valence-corrected chi connectivity index (χ3v) is 3.20. The second-order valence-electron chi connectivity index (χ2n) is 4.51. The van der Waals surface area contributed by atoms with Crippen LogP contribution in [0.2, 0.25) is 0 Å². The average molecular weight is 241 g/mol. The van der Waals surface area contributed by atoms with E-state index >= 15 is 0 Å². The topological polar surface area (TPSA) is 30.0 Å². The van der Waals surface area contributed by atoms with Crippen molar-refractivity contribution < 1.29 is 9.18 Å². The van der Waals surface area contributed by atoms with E-state index in [2.05, 4.69) is 4.98 Å². The summed E-state index contributed by atoms with van der Waals surface area (Å²) in [5.41, 5.74) is 1.92. The van der Waals surface area contributed by atoms with Crippen molar-refractivity contribution in [1.82, 2.24) is 4.98 Å². The van der Waals surface area contributed by atoms with E-state index < -0.39 is 0 Å². The lowest BCUT2D eigenvalue weighted by atomic mass is 10.0. The highest BCUT2D eigenvalue weighted by Crippen LogP contribution is 2.42. The van der Waals surface area contributed by atoms with Gasteiger partial charge >= 0.3 is 0 Å². The summed E-state index contributed by atoms with van der Waals surface area (Å²) >= 11 is 0. The van der Waals surface area contributed by atoms with Gasteiger partial charge in [-0.2, -0.15) is 0 Å². The van der Waals surface area contributed by atoms with Gasteiger partial charge in [0.05, 0.1) is 11.2 Å². The fraction of sp³-hybridized carbons (Fsp3) is 0.200. The number of hydrogen-bond donors (Lipinski definition) is 0. The first-order valence-corrected chi connectivity index (χ1v) is 6.01. The number of nitrogens with zero attached hydrogens (tertiary/aromatic N) is 1. The van der Waals surface area contributed by atoms with Gasteiger partial charge in [0.15, 0.2) is 0 Å². The van der Waals surface area contributed by atoms with E-state index in [1.807, 2.05) is 12.1 Å². The Balaban J connectivity index is 2.28. The summed E-state index contributed by atoms with van der Waals surface area (Å²) in [4.78, 5) is 15.0. The Morgan fingerprint density at radius 1 is 1.28 bits per heavy atom. The number of carbonyl (C=O) groups excluding carboxylic acids is 1. The van der Waals surface area contributed by atoms with Gasteiger partial charge < -0.3 is 0 Å². The largest absolute Gasteiger partial charge is 0.299 e. The molecule has 0 spiro atoms. The van der Waals surface area contributed by atoms with Gasteiger partial charge in [-0.25, -0.2) is 4.39 Å². The van der Waals surface area contributed by atoms with Crippen molar-refractivity contribution in [1.29, 1.82) is 0 Å². The van der Waals surface area contributed by atoms with E-state index in [9.17, 15) is 9.18 Å². The zero-order chi connectivity index (χ0) is 12.5. The normalized spacial score (nSPS) is 15.4. The van der Waals surface area contributed by atoms with Gasteiger partial charge in [-0.15, -0.1) is 0 Å². The van der Waals surface area contributed by atoms with Crippen molar-refractivity contribution in [3.63, 3.8) is 0 Å². The summed E-state index contributed by atoms with van der Waals surface area (Å²) in [7, 11) is 0. The molecule has 1 aromatic carbocycles. The molecule has 0 N–H and O–H groups in total. The van der Waals surface area contributed by atoms with Gasteiger partial charge in [0.25, 0.3) is 0 Å². The van der Waals surface area contributed by atoms with Crippen LogP contribution in [0.4, 0.5) is 4.39 Å². The summed E-state index contributed by atoms with van der Waals surface area (Å²) in [6.45, 7) is 0. The molecule has 3 rings (SSSR count). The quantitative estimate of drug-likeness (QED) is 0.608. The van der Waals surface area contributed by atoms with Gasteiger partial charge in [0, 0.05) is 16.9 Å². The molecule has 1 aliphatic carbocycles. The number of pyridine rings is 1. The fourth-order valence-corrected chi connectivity index (χ4v) is 2.17. The standard InChI is InChI=1S/C15H12FNO/c16-14-11-4-1-2-6-13(11)17-15(10-7-8-10)12(14)5-3-9-18/h1-6,9-10H,7-8H2/b5-3+. The predicted molar refractivity (Wildman–Crippen MR) is 68.8 cm³/mol. The summed E-state index contributed by atoms with van der Waals surface area (Å²) in [5.74, 6) is 0.0657. The maximum Gasteiger partial charge on any atom is 0.142 e. The molecule has 0 unspecified atom stereocenters. The third-order valence-electron chi connectivity index (χ3n) is 3.20.